The number of hydrogen-bond donors (Lipinski definition) is 1. The standard InChI is InChI=1S/C18H20Cl2O2/c1-18-7-6-9-10(13(18)4-5-15(18)21)2-3-11-12(9)8-14(19)17(22)16(11)20/h8-10,13,22H,2-7H2,1H3/t9-,10+,13-,18-/m0/s1. The molecular weight excluding hydrogens is 319 g/mol. The Bertz CT molecular complexity index is 670. The van der Waals surface area contributed by atoms with Crippen LogP contribution in [0.2, 0.25) is 10.0 Å². The van der Waals surface area contributed by atoms with Crippen LogP contribution in [0.3, 0.4) is 0 Å². The average Bonchev–Trinajstić information content (AvgIpc) is 2.80. The van der Waals surface area contributed by atoms with Gasteiger partial charge in [-0.05, 0) is 67.1 Å². The zero-order valence-electron chi connectivity index (χ0n) is 12.7. The molecule has 0 spiro atoms. The minimum absolute atomic E-state index is 0.0113. The first-order valence-corrected chi connectivity index (χ1v) is 8.92. The molecule has 0 bridgehead atoms. The Morgan fingerprint density at radius 2 is 2.00 bits per heavy atom. The third kappa shape index (κ3) is 1.83. The average molecular weight is 339 g/mol. The molecule has 0 aliphatic heterocycles. The van der Waals surface area contributed by atoms with E-state index in [1.807, 2.05) is 6.07 Å². The third-order valence-electron chi connectivity index (χ3n) is 6.60. The fraction of sp³-hybridized carbons (Fsp3) is 0.611. The SMILES string of the molecule is C[C@]12CC[C@@H]3c4cc(Cl)c(O)c(Cl)c4CC[C@H]3[C@@H]1CCC2=O. The molecule has 1 N–H and O–H groups in total. The van der Waals surface area contributed by atoms with Crippen LogP contribution in [-0.4, -0.2) is 10.9 Å². The zero-order chi connectivity index (χ0) is 15.6. The second-order valence-corrected chi connectivity index (χ2v) is 8.21. The molecule has 1 aromatic rings. The number of Topliss-reactive ketones (excluding diaryl/α,β-unsaturated/α-hetero) is 1. The summed E-state index contributed by atoms with van der Waals surface area (Å²) < 4.78 is 0. The summed E-state index contributed by atoms with van der Waals surface area (Å²) in [5.41, 5.74) is 2.17. The topological polar surface area (TPSA) is 37.3 Å². The second kappa shape index (κ2) is 4.88. The number of rotatable bonds is 0. The number of phenolic OH excluding ortho intramolecular Hbond substituents is 1. The lowest BCUT2D eigenvalue weighted by molar-refractivity contribution is -0.129. The van der Waals surface area contributed by atoms with Gasteiger partial charge in [0, 0.05) is 11.8 Å². The lowest BCUT2D eigenvalue weighted by Gasteiger charge is -2.48. The molecule has 3 aliphatic carbocycles. The van der Waals surface area contributed by atoms with E-state index in [0.29, 0.717) is 33.6 Å². The van der Waals surface area contributed by atoms with Crippen LogP contribution in [0, 0.1) is 17.3 Å². The van der Waals surface area contributed by atoms with Crippen molar-refractivity contribution in [3.05, 3.63) is 27.2 Å². The maximum Gasteiger partial charge on any atom is 0.153 e. The number of hydrogen-bond acceptors (Lipinski definition) is 2. The van der Waals surface area contributed by atoms with Gasteiger partial charge in [-0.1, -0.05) is 30.1 Å². The molecule has 0 radical (unpaired) electrons. The van der Waals surface area contributed by atoms with Crippen molar-refractivity contribution in [3.8, 4) is 5.75 Å². The predicted molar refractivity (Wildman–Crippen MR) is 87.8 cm³/mol. The molecule has 4 rings (SSSR count). The lowest BCUT2D eigenvalue weighted by atomic mass is 9.55. The van der Waals surface area contributed by atoms with Crippen molar-refractivity contribution >= 4 is 29.0 Å². The highest BCUT2D eigenvalue weighted by Gasteiger charge is 2.54. The van der Waals surface area contributed by atoms with E-state index in [9.17, 15) is 9.90 Å². The predicted octanol–water partition coefficient (Wildman–Crippen LogP) is 5.12. The maximum absolute atomic E-state index is 12.3. The largest absolute Gasteiger partial charge is 0.505 e. The summed E-state index contributed by atoms with van der Waals surface area (Å²) in [7, 11) is 0. The van der Waals surface area contributed by atoms with Gasteiger partial charge in [0.2, 0.25) is 0 Å². The molecule has 1 aromatic carbocycles. The van der Waals surface area contributed by atoms with Gasteiger partial charge in [-0.3, -0.25) is 4.79 Å². The first kappa shape index (κ1) is 14.8. The highest BCUT2D eigenvalue weighted by molar-refractivity contribution is 6.37. The van der Waals surface area contributed by atoms with Crippen molar-refractivity contribution in [2.24, 2.45) is 17.3 Å². The van der Waals surface area contributed by atoms with Crippen LogP contribution in [-0.2, 0) is 11.2 Å². The maximum atomic E-state index is 12.3. The zero-order valence-corrected chi connectivity index (χ0v) is 14.2. The van der Waals surface area contributed by atoms with Crippen LogP contribution in [0.25, 0.3) is 0 Å². The highest BCUT2D eigenvalue weighted by Crippen LogP contribution is 2.60. The summed E-state index contributed by atoms with van der Waals surface area (Å²) in [5, 5.41) is 10.8. The van der Waals surface area contributed by atoms with Crippen molar-refractivity contribution < 1.29 is 9.90 Å². The second-order valence-electron chi connectivity index (χ2n) is 7.42. The molecule has 0 saturated heterocycles. The number of phenols is 1. The quantitative estimate of drug-likeness (QED) is 0.712. The summed E-state index contributed by atoms with van der Waals surface area (Å²) >= 11 is 12.5. The van der Waals surface area contributed by atoms with Crippen LogP contribution in [0.4, 0.5) is 0 Å². The van der Waals surface area contributed by atoms with E-state index < -0.39 is 0 Å². The molecule has 4 heteroatoms. The van der Waals surface area contributed by atoms with E-state index >= 15 is 0 Å². The van der Waals surface area contributed by atoms with Gasteiger partial charge in [0.05, 0.1) is 10.0 Å². The number of aromatic hydroxyl groups is 1. The summed E-state index contributed by atoms with van der Waals surface area (Å²) in [4.78, 5) is 12.3. The van der Waals surface area contributed by atoms with Gasteiger partial charge >= 0.3 is 0 Å². The van der Waals surface area contributed by atoms with Gasteiger partial charge in [-0.25, -0.2) is 0 Å². The monoisotopic (exact) mass is 338 g/mol. The number of benzene rings is 1. The molecule has 2 fully saturated rings. The smallest absolute Gasteiger partial charge is 0.153 e. The van der Waals surface area contributed by atoms with Crippen molar-refractivity contribution in [2.45, 2.75) is 51.4 Å². The first-order chi connectivity index (χ1) is 10.4. The molecule has 22 heavy (non-hydrogen) atoms. The van der Waals surface area contributed by atoms with Crippen LogP contribution < -0.4 is 0 Å². The van der Waals surface area contributed by atoms with Crippen LogP contribution in [0.15, 0.2) is 6.07 Å². The lowest BCUT2D eigenvalue weighted by Crippen LogP contribution is -2.42. The summed E-state index contributed by atoms with van der Waals surface area (Å²) in [5.74, 6) is 1.96. The first-order valence-electron chi connectivity index (χ1n) is 8.16. The Hall–Kier alpha value is -0.730. The van der Waals surface area contributed by atoms with Crippen LogP contribution >= 0.6 is 23.2 Å². The van der Waals surface area contributed by atoms with E-state index in [1.165, 1.54) is 5.56 Å². The molecule has 2 saturated carbocycles. The molecule has 4 atom stereocenters. The van der Waals surface area contributed by atoms with Crippen LogP contribution in [0.5, 0.6) is 5.75 Å². The fourth-order valence-corrected chi connectivity index (χ4v) is 5.98. The number of ketones is 1. The van der Waals surface area contributed by atoms with Gasteiger partial charge in [0.15, 0.2) is 5.75 Å². The molecule has 0 unspecified atom stereocenters. The van der Waals surface area contributed by atoms with E-state index in [-0.39, 0.29) is 11.2 Å². The molecule has 0 amide bonds. The van der Waals surface area contributed by atoms with Crippen molar-refractivity contribution in [2.75, 3.05) is 0 Å². The van der Waals surface area contributed by atoms with Crippen molar-refractivity contribution in [3.63, 3.8) is 0 Å². The van der Waals surface area contributed by atoms with Crippen molar-refractivity contribution in [1.82, 2.24) is 0 Å². The summed E-state index contributed by atoms with van der Waals surface area (Å²) in [6.45, 7) is 2.18. The van der Waals surface area contributed by atoms with E-state index in [4.69, 9.17) is 23.2 Å². The third-order valence-corrected chi connectivity index (χ3v) is 7.30. The molecule has 2 nitrogen and oxygen atoms in total. The number of halogens is 2. The molecule has 118 valence electrons. The number of carbonyl (C=O) groups is 1. The van der Waals surface area contributed by atoms with E-state index in [1.54, 1.807) is 0 Å². The van der Waals surface area contributed by atoms with Crippen molar-refractivity contribution in [1.29, 1.82) is 0 Å². The molecule has 0 heterocycles. The Kier molecular flexibility index (Phi) is 3.29. The minimum atomic E-state index is -0.108. The Morgan fingerprint density at radius 1 is 1.23 bits per heavy atom. The van der Waals surface area contributed by atoms with Gasteiger partial charge < -0.3 is 5.11 Å². The molecule has 3 aliphatic rings. The highest BCUT2D eigenvalue weighted by atomic mass is 35.5. The normalized spacial score (nSPS) is 36.7. The number of fused-ring (bicyclic) bond motifs is 5. The van der Waals surface area contributed by atoms with Gasteiger partial charge in [-0.15, -0.1) is 0 Å². The van der Waals surface area contributed by atoms with Gasteiger partial charge in [-0.2, -0.15) is 0 Å². The van der Waals surface area contributed by atoms with Gasteiger partial charge in [0.25, 0.3) is 0 Å². The minimum Gasteiger partial charge on any atom is -0.505 e. The Balaban J connectivity index is 1.78. The fourth-order valence-electron chi connectivity index (χ4n) is 5.41. The summed E-state index contributed by atoms with van der Waals surface area (Å²) in [6, 6.07) is 1.91. The van der Waals surface area contributed by atoms with E-state index in [2.05, 4.69) is 6.92 Å². The van der Waals surface area contributed by atoms with Gasteiger partial charge in [0.1, 0.15) is 5.78 Å². The molecule has 0 aromatic heterocycles. The van der Waals surface area contributed by atoms with E-state index in [0.717, 1.165) is 44.1 Å². The summed E-state index contributed by atoms with van der Waals surface area (Å²) in [6.07, 6.45) is 5.70. The Labute approximate surface area is 140 Å². The molecular formula is C18H20Cl2O2. The Morgan fingerprint density at radius 3 is 2.77 bits per heavy atom. The number of carbonyl (C=O) groups excluding carboxylic acids is 1. The van der Waals surface area contributed by atoms with Crippen LogP contribution in [0.1, 0.15) is 56.1 Å².